The van der Waals surface area contributed by atoms with Crippen molar-refractivity contribution in [3.05, 3.63) is 109 Å². The normalized spacial score (nSPS) is 11.5. The highest BCUT2D eigenvalue weighted by Crippen LogP contribution is 2.23. The third-order valence-corrected chi connectivity index (χ3v) is 6.33. The Bertz CT molecular complexity index is 1470. The minimum atomic E-state index is 0.698. The lowest BCUT2D eigenvalue weighted by atomic mass is 10.3. The number of aryl methyl sites for hydroxylation is 2. The van der Waals surface area contributed by atoms with Crippen LogP contribution in [0, 0.1) is 0 Å². The van der Waals surface area contributed by atoms with Crippen molar-refractivity contribution in [2.75, 3.05) is 0 Å². The predicted molar refractivity (Wildman–Crippen MR) is 127 cm³/mol. The van der Waals surface area contributed by atoms with E-state index in [1.807, 2.05) is 36.7 Å². The fraction of sp³-hybridized carbons (Fsp3) is 0.111. The van der Waals surface area contributed by atoms with Gasteiger partial charge in [0.2, 0.25) is 11.6 Å². The number of hydrogen-bond acceptors (Lipinski definition) is 2. The van der Waals surface area contributed by atoms with E-state index in [-0.39, 0.29) is 0 Å². The van der Waals surface area contributed by atoms with Crippen LogP contribution in [0.2, 0.25) is 0 Å². The monoisotopic (exact) mass is 432 g/mol. The molecule has 0 N–H and O–H groups in total. The lowest BCUT2D eigenvalue weighted by Gasteiger charge is -2.04. The van der Waals surface area contributed by atoms with Crippen LogP contribution in [-0.2, 0) is 20.5 Å². The number of benzene rings is 2. The Labute approximate surface area is 191 Å². The first-order valence-electron chi connectivity index (χ1n) is 11.0. The highest BCUT2D eigenvalue weighted by molar-refractivity contribution is 5.75. The van der Waals surface area contributed by atoms with E-state index in [1.54, 1.807) is 0 Å². The number of rotatable bonds is 4. The summed E-state index contributed by atoms with van der Waals surface area (Å²) in [7, 11) is 4.26. The van der Waals surface area contributed by atoms with Crippen LogP contribution in [0.3, 0.4) is 0 Å². The Balaban J connectivity index is 1.65. The maximum Gasteiger partial charge on any atom is 0.276 e. The van der Waals surface area contributed by atoms with Crippen molar-refractivity contribution in [2.24, 2.45) is 14.1 Å². The first-order chi connectivity index (χ1) is 16.2. The van der Waals surface area contributed by atoms with E-state index in [9.17, 15) is 0 Å². The summed E-state index contributed by atoms with van der Waals surface area (Å²) in [6, 6.07) is 29.0. The molecule has 160 valence electrons. The van der Waals surface area contributed by atoms with Crippen molar-refractivity contribution < 1.29 is 9.13 Å². The molecule has 33 heavy (non-hydrogen) atoms. The van der Waals surface area contributed by atoms with Crippen LogP contribution in [-0.4, -0.2) is 19.1 Å². The van der Waals surface area contributed by atoms with Gasteiger partial charge in [0.25, 0.3) is 11.6 Å². The number of imidazole rings is 2. The fourth-order valence-electron chi connectivity index (χ4n) is 4.75. The van der Waals surface area contributed by atoms with E-state index in [0.717, 1.165) is 34.3 Å². The SMILES string of the molecule is C[n+]1c(Cc2n(-c3ccccn3)c3ccccc3[n+]2C)n(-c2ccccn2)c2ccccc21. The first kappa shape index (κ1) is 19.4. The molecule has 6 heteroatoms. The molecular formula is C27H24N6+2. The fourth-order valence-corrected chi connectivity index (χ4v) is 4.75. The van der Waals surface area contributed by atoms with Gasteiger partial charge in [-0.15, -0.1) is 0 Å². The predicted octanol–water partition coefficient (Wildman–Crippen LogP) is 3.60. The zero-order valence-corrected chi connectivity index (χ0v) is 18.6. The van der Waals surface area contributed by atoms with Gasteiger partial charge in [-0.3, -0.25) is 0 Å². The molecule has 0 saturated carbocycles. The number of fused-ring (bicyclic) bond motifs is 2. The number of hydrogen-bond donors (Lipinski definition) is 0. The van der Waals surface area contributed by atoms with E-state index >= 15 is 0 Å². The number of pyridine rings is 2. The highest BCUT2D eigenvalue weighted by atomic mass is 15.2. The molecule has 0 aliphatic heterocycles. The van der Waals surface area contributed by atoms with E-state index in [1.165, 1.54) is 11.0 Å². The van der Waals surface area contributed by atoms with Gasteiger partial charge >= 0.3 is 0 Å². The molecule has 0 saturated heterocycles. The second kappa shape index (κ2) is 7.67. The van der Waals surface area contributed by atoms with E-state index in [4.69, 9.17) is 0 Å². The number of aromatic nitrogens is 6. The second-order valence-corrected chi connectivity index (χ2v) is 8.15. The Morgan fingerprint density at radius 2 is 1.00 bits per heavy atom. The maximum atomic E-state index is 4.68. The van der Waals surface area contributed by atoms with Gasteiger partial charge in [-0.1, -0.05) is 36.4 Å². The van der Waals surface area contributed by atoms with Gasteiger partial charge < -0.3 is 0 Å². The molecule has 0 fully saturated rings. The third-order valence-electron chi connectivity index (χ3n) is 6.33. The van der Waals surface area contributed by atoms with Crippen LogP contribution >= 0.6 is 0 Å². The molecule has 0 aliphatic carbocycles. The summed E-state index contributed by atoms with van der Waals surface area (Å²) in [5, 5.41) is 0. The Morgan fingerprint density at radius 1 is 0.576 bits per heavy atom. The van der Waals surface area contributed by atoms with Gasteiger partial charge in [-0.2, -0.15) is 9.13 Å². The zero-order valence-electron chi connectivity index (χ0n) is 18.6. The van der Waals surface area contributed by atoms with Gasteiger partial charge in [0.05, 0.1) is 14.1 Å². The van der Waals surface area contributed by atoms with Crippen LogP contribution < -0.4 is 9.13 Å². The second-order valence-electron chi connectivity index (χ2n) is 8.15. The summed E-state index contributed by atoms with van der Waals surface area (Å²) < 4.78 is 9.06. The highest BCUT2D eigenvalue weighted by Gasteiger charge is 2.32. The Morgan fingerprint density at radius 3 is 1.42 bits per heavy atom. The average molecular weight is 433 g/mol. The minimum Gasteiger partial charge on any atom is -0.229 e. The molecule has 0 amide bonds. The standard InChI is InChI=1S/C27H24N6/c1-30-20-11-3-5-13-22(20)32(24-15-7-9-17-28-24)26(30)19-27-31(2)21-12-4-6-14-23(21)33(27)25-16-8-10-18-29-25/h3-18H,19H2,1-2H3/q+2. The van der Waals surface area contributed by atoms with E-state index in [0.29, 0.717) is 6.42 Å². The number of nitrogens with zero attached hydrogens (tertiary/aromatic N) is 6. The van der Waals surface area contributed by atoms with E-state index in [2.05, 4.69) is 103 Å². The minimum absolute atomic E-state index is 0.698. The molecule has 0 spiro atoms. The van der Waals surface area contributed by atoms with Gasteiger partial charge in [0, 0.05) is 24.5 Å². The quantitative estimate of drug-likeness (QED) is 0.400. The van der Waals surface area contributed by atoms with Crippen LogP contribution in [0.25, 0.3) is 33.7 Å². The van der Waals surface area contributed by atoms with Gasteiger partial charge in [0.15, 0.2) is 28.5 Å². The van der Waals surface area contributed by atoms with E-state index < -0.39 is 0 Å². The van der Waals surface area contributed by atoms with Crippen LogP contribution in [0.15, 0.2) is 97.3 Å². The molecule has 4 heterocycles. The summed E-state index contributed by atoms with van der Waals surface area (Å²) in [5.41, 5.74) is 4.61. The topological polar surface area (TPSA) is 43.4 Å². The summed E-state index contributed by atoms with van der Waals surface area (Å²) in [5.74, 6) is 4.11. The molecular weight excluding hydrogens is 408 g/mol. The summed E-state index contributed by atoms with van der Waals surface area (Å²) in [4.78, 5) is 9.37. The molecule has 6 rings (SSSR count). The van der Waals surface area contributed by atoms with Crippen molar-refractivity contribution in [1.82, 2.24) is 19.1 Å². The van der Waals surface area contributed by atoms with Crippen molar-refractivity contribution in [1.29, 1.82) is 0 Å². The third kappa shape index (κ3) is 3.03. The zero-order chi connectivity index (χ0) is 22.4. The van der Waals surface area contributed by atoms with Crippen LogP contribution in [0.4, 0.5) is 0 Å². The molecule has 2 aromatic carbocycles. The van der Waals surface area contributed by atoms with Gasteiger partial charge in [0.1, 0.15) is 0 Å². The molecule has 0 aliphatic rings. The lowest BCUT2D eigenvalue weighted by molar-refractivity contribution is -0.666. The largest absolute Gasteiger partial charge is 0.276 e. The molecule has 0 unspecified atom stereocenters. The molecule has 0 bridgehead atoms. The van der Waals surface area contributed by atoms with Crippen molar-refractivity contribution in [3.8, 4) is 11.6 Å². The lowest BCUT2D eigenvalue weighted by Crippen LogP contribution is -2.38. The first-order valence-corrected chi connectivity index (χ1v) is 11.0. The molecule has 0 atom stereocenters. The average Bonchev–Trinajstić information content (AvgIpc) is 3.32. The smallest absolute Gasteiger partial charge is 0.229 e. The summed E-state index contributed by atoms with van der Waals surface area (Å²) >= 11 is 0. The van der Waals surface area contributed by atoms with Crippen LogP contribution in [0.5, 0.6) is 0 Å². The Hall–Kier alpha value is -4.32. The molecule has 6 aromatic rings. The van der Waals surface area contributed by atoms with Crippen LogP contribution in [0.1, 0.15) is 11.6 Å². The van der Waals surface area contributed by atoms with Gasteiger partial charge in [-0.05, 0) is 36.4 Å². The summed E-state index contributed by atoms with van der Waals surface area (Å²) in [6.07, 6.45) is 4.39. The molecule has 4 aromatic heterocycles. The van der Waals surface area contributed by atoms with Crippen molar-refractivity contribution in [3.63, 3.8) is 0 Å². The summed E-state index contributed by atoms with van der Waals surface area (Å²) in [6.45, 7) is 0. The van der Waals surface area contributed by atoms with Gasteiger partial charge in [-0.25, -0.2) is 19.1 Å². The molecule has 0 radical (unpaired) electrons. The van der Waals surface area contributed by atoms with Crippen molar-refractivity contribution >= 4 is 22.1 Å². The van der Waals surface area contributed by atoms with Crippen molar-refractivity contribution in [2.45, 2.75) is 6.42 Å². The molecule has 6 nitrogen and oxygen atoms in total. The maximum absolute atomic E-state index is 4.68. The number of para-hydroxylation sites is 4. The Kier molecular flexibility index (Phi) is 4.50.